The Balaban J connectivity index is 1.99. The summed E-state index contributed by atoms with van der Waals surface area (Å²) in [4.78, 5) is 14.8. The number of hydrogen-bond donors (Lipinski definition) is 1. The second-order valence-corrected chi connectivity index (χ2v) is 5.93. The minimum atomic E-state index is -0.308. The third kappa shape index (κ3) is 3.46. The van der Waals surface area contributed by atoms with Crippen LogP contribution in [0.25, 0.3) is 0 Å². The third-order valence-electron chi connectivity index (χ3n) is 4.36. The molecule has 0 saturated heterocycles. The van der Waals surface area contributed by atoms with Crippen molar-refractivity contribution in [3.05, 3.63) is 53.6 Å². The molecule has 6 nitrogen and oxygen atoms in total. The molecule has 3 rings (SSSR count). The first-order valence-corrected chi connectivity index (χ1v) is 8.65. The summed E-state index contributed by atoms with van der Waals surface area (Å²) in [6.07, 6.45) is -0.308. The quantitative estimate of drug-likeness (QED) is 0.825. The summed E-state index contributed by atoms with van der Waals surface area (Å²) in [6.45, 7) is 3.43. The van der Waals surface area contributed by atoms with Gasteiger partial charge in [0.05, 0.1) is 25.9 Å². The summed E-state index contributed by atoms with van der Waals surface area (Å²) >= 11 is 0. The van der Waals surface area contributed by atoms with Crippen molar-refractivity contribution in [3.8, 4) is 11.5 Å². The number of hydrogen-bond acceptors (Lipinski definition) is 5. The van der Waals surface area contributed by atoms with E-state index >= 15 is 0 Å². The van der Waals surface area contributed by atoms with Gasteiger partial charge in [0.1, 0.15) is 6.17 Å². The second-order valence-electron chi connectivity index (χ2n) is 5.93. The van der Waals surface area contributed by atoms with Crippen molar-refractivity contribution in [3.63, 3.8) is 0 Å². The summed E-state index contributed by atoms with van der Waals surface area (Å²) in [7, 11) is 3.24. The van der Waals surface area contributed by atoms with Gasteiger partial charge < -0.3 is 24.4 Å². The molecule has 0 fully saturated rings. The number of amides is 1. The minimum absolute atomic E-state index is 0.0192. The molecule has 0 aromatic heterocycles. The van der Waals surface area contributed by atoms with Crippen LogP contribution >= 0.6 is 0 Å². The molecule has 0 spiro atoms. The number of ether oxygens (including phenoxy) is 3. The molecule has 1 aliphatic heterocycles. The van der Waals surface area contributed by atoms with Crippen molar-refractivity contribution in [2.75, 3.05) is 39.3 Å². The Morgan fingerprint density at radius 3 is 2.65 bits per heavy atom. The first-order chi connectivity index (χ1) is 12.7. The van der Waals surface area contributed by atoms with Gasteiger partial charge in [-0.05, 0) is 36.8 Å². The lowest BCUT2D eigenvalue weighted by molar-refractivity contribution is 0.0609. The fourth-order valence-corrected chi connectivity index (χ4v) is 3.11. The predicted molar refractivity (Wildman–Crippen MR) is 99.9 cm³/mol. The van der Waals surface area contributed by atoms with Crippen molar-refractivity contribution in [2.45, 2.75) is 13.1 Å². The van der Waals surface area contributed by atoms with Crippen molar-refractivity contribution >= 4 is 11.6 Å². The molecule has 1 amide bonds. The molecule has 0 aliphatic carbocycles. The largest absolute Gasteiger partial charge is 0.493 e. The van der Waals surface area contributed by atoms with Gasteiger partial charge in [-0.15, -0.1) is 0 Å². The van der Waals surface area contributed by atoms with Gasteiger partial charge in [-0.1, -0.05) is 18.2 Å². The summed E-state index contributed by atoms with van der Waals surface area (Å²) in [5.41, 5.74) is 2.41. The van der Waals surface area contributed by atoms with Gasteiger partial charge >= 0.3 is 0 Å². The van der Waals surface area contributed by atoms with Gasteiger partial charge in [-0.3, -0.25) is 4.79 Å². The number of nitrogens with one attached hydrogen (secondary N) is 1. The Bertz CT molecular complexity index is 778. The summed E-state index contributed by atoms with van der Waals surface area (Å²) < 4.78 is 16.2. The summed E-state index contributed by atoms with van der Waals surface area (Å²) in [6, 6.07) is 13.3. The maximum absolute atomic E-state index is 13.0. The number of nitrogens with zero attached hydrogens (tertiary/aromatic N) is 1. The fraction of sp³-hybridized carbons (Fsp3) is 0.350. The lowest BCUT2D eigenvalue weighted by Crippen LogP contribution is -2.44. The standard InChI is InChI=1S/C20H24N2O4/c1-4-26-17-10-9-14(13-18(17)25-3)19-21-16-8-6-5-7-15(16)20(23)22(19)11-12-24-2/h5-10,13,19,21H,4,11-12H2,1-3H3. The number of fused-ring (bicyclic) bond motifs is 1. The molecule has 0 radical (unpaired) electrons. The summed E-state index contributed by atoms with van der Waals surface area (Å²) in [5.74, 6) is 1.31. The highest BCUT2D eigenvalue weighted by molar-refractivity contribution is 6.01. The molecule has 0 saturated carbocycles. The number of benzene rings is 2. The van der Waals surface area contributed by atoms with Crippen LogP contribution in [-0.2, 0) is 4.74 Å². The topological polar surface area (TPSA) is 60.0 Å². The van der Waals surface area contributed by atoms with Crippen LogP contribution < -0.4 is 14.8 Å². The molecule has 0 bridgehead atoms. The molecule has 1 unspecified atom stereocenters. The number of methoxy groups -OCH3 is 2. The van der Waals surface area contributed by atoms with Crippen molar-refractivity contribution in [1.29, 1.82) is 0 Å². The van der Waals surface area contributed by atoms with Crippen LogP contribution in [0.4, 0.5) is 5.69 Å². The van der Waals surface area contributed by atoms with E-state index in [0.717, 1.165) is 11.3 Å². The molecular weight excluding hydrogens is 332 g/mol. The zero-order chi connectivity index (χ0) is 18.5. The maximum atomic E-state index is 13.0. The highest BCUT2D eigenvalue weighted by atomic mass is 16.5. The van der Waals surface area contributed by atoms with Gasteiger partial charge in [0.15, 0.2) is 11.5 Å². The third-order valence-corrected chi connectivity index (χ3v) is 4.36. The Morgan fingerprint density at radius 2 is 1.92 bits per heavy atom. The average Bonchev–Trinajstić information content (AvgIpc) is 2.68. The van der Waals surface area contributed by atoms with E-state index in [1.54, 1.807) is 19.1 Å². The van der Waals surface area contributed by atoms with Crippen LogP contribution in [-0.4, -0.2) is 44.8 Å². The number of carbonyl (C=O) groups is 1. The van der Waals surface area contributed by atoms with Gasteiger partial charge in [-0.2, -0.15) is 0 Å². The molecule has 1 heterocycles. The lowest BCUT2D eigenvalue weighted by Gasteiger charge is -2.38. The lowest BCUT2D eigenvalue weighted by atomic mass is 10.0. The number of carbonyl (C=O) groups excluding carboxylic acids is 1. The first kappa shape index (κ1) is 18.1. The maximum Gasteiger partial charge on any atom is 0.257 e. The SMILES string of the molecule is CCOc1ccc(C2Nc3ccccc3C(=O)N2CCOC)cc1OC. The first-order valence-electron chi connectivity index (χ1n) is 8.65. The molecule has 1 aliphatic rings. The molecule has 2 aromatic rings. The van der Waals surface area contributed by atoms with E-state index in [-0.39, 0.29) is 12.1 Å². The van der Waals surface area contributed by atoms with Crippen LogP contribution in [0.15, 0.2) is 42.5 Å². The molecule has 6 heteroatoms. The van der Waals surface area contributed by atoms with E-state index in [1.165, 1.54) is 0 Å². The van der Waals surface area contributed by atoms with Gasteiger partial charge in [0.2, 0.25) is 0 Å². The zero-order valence-corrected chi connectivity index (χ0v) is 15.3. The van der Waals surface area contributed by atoms with Gasteiger partial charge in [0.25, 0.3) is 5.91 Å². The van der Waals surface area contributed by atoms with Crippen molar-refractivity contribution in [2.24, 2.45) is 0 Å². The Labute approximate surface area is 153 Å². The van der Waals surface area contributed by atoms with Gasteiger partial charge in [0, 0.05) is 19.3 Å². The van der Waals surface area contributed by atoms with E-state index in [0.29, 0.717) is 36.8 Å². The number of anilines is 1. The second kappa shape index (κ2) is 8.10. The van der Waals surface area contributed by atoms with Crippen molar-refractivity contribution in [1.82, 2.24) is 4.90 Å². The monoisotopic (exact) mass is 356 g/mol. The van der Waals surface area contributed by atoms with E-state index in [2.05, 4.69) is 5.32 Å². The Morgan fingerprint density at radius 1 is 1.12 bits per heavy atom. The van der Waals surface area contributed by atoms with Crippen LogP contribution in [0.2, 0.25) is 0 Å². The molecule has 2 aromatic carbocycles. The predicted octanol–water partition coefficient (Wildman–Crippen LogP) is 3.31. The van der Waals surface area contributed by atoms with Crippen LogP contribution in [0, 0.1) is 0 Å². The average molecular weight is 356 g/mol. The van der Waals surface area contributed by atoms with E-state index < -0.39 is 0 Å². The van der Waals surface area contributed by atoms with Crippen molar-refractivity contribution < 1.29 is 19.0 Å². The normalized spacial score (nSPS) is 16.0. The van der Waals surface area contributed by atoms with Crippen LogP contribution in [0.3, 0.4) is 0 Å². The smallest absolute Gasteiger partial charge is 0.257 e. The molecule has 138 valence electrons. The van der Waals surface area contributed by atoms with Gasteiger partial charge in [-0.25, -0.2) is 0 Å². The van der Waals surface area contributed by atoms with Crippen LogP contribution in [0.5, 0.6) is 11.5 Å². The fourth-order valence-electron chi connectivity index (χ4n) is 3.11. The van der Waals surface area contributed by atoms with Crippen LogP contribution in [0.1, 0.15) is 29.0 Å². The number of para-hydroxylation sites is 1. The minimum Gasteiger partial charge on any atom is -0.493 e. The van der Waals surface area contributed by atoms with E-state index in [9.17, 15) is 4.79 Å². The molecule has 26 heavy (non-hydrogen) atoms. The highest BCUT2D eigenvalue weighted by Gasteiger charge is 2.32. The highest BCUT2D eigenvalue weighted by Crippen LogP contribution is 2.36. The molecular formula is C20H24N2O4. The van der Waals surface area contributed by atoms with E-state index in [1.807, 2.05) is 49.4 Å². The Kier molecular flexibility index (Phi) is 5.63. The van der Waals surface area contributed by atoms with E-state index in [4.69, 9.17) is 14.2 Å². The molecule has 1 atom stereocenters. The Hall–Kier alpha value is -2.73. The zero-order valence-electron chi connectivity index (χ0n) is 15.3. The molecule has 1 N–H and O–H groups in total. The summed E-state index contributed by atoms with van der Waals surface area (Å²) in [5, 5.41) is 3.46. The number of rotatable bonds is 7.